The molecule has 1 aromatic carbocycles. The van der Waals surface area contributed by atoms with Crippen molar-refractivity contribution in [2.24, 2.45) is 0 Å². The molecule has 0 aliphatic carbocycles. The van der Waals surface area contributed by atoms with Gasteiger partial charge in [-0.3, -0.25) is 4.79 Å². The third-order valence-electron chi connectivity index (χ3n) is 2.37. The van der Waals surface area contributed by atoms with E-state index in [-0.39, 0.29) is 12.3 Å². The first-order valence-electron chi connectivity index (χ1n) is 5.54. The molecule has 0 atom stereocenters. The zero-order valence-corrected chi connectivity index (χ0v) is 9.90. The molecule has 1 heterocycles. The van der Waals surface area contributed by atoms with Gasteiger partial charge in [0.05, 0.1) is 5.69 Å². The number of aliphatic hydroxyl groups is 1. The van der Waals surface area contributed by atoms with Crippen LogP contribution in [0.4, 0.5) is 10.1 Å². The van der Waals surface area contributed by atoms with Gasteiger partial charge in [0, 0.05) is 11.8 Å². The molecular formula is C14H11FN2O2. The number of H-pyrrole nitrogens is 1. The Kier molecular flexibility index (Phi) is 3.96. The highest BCUT2D eigenvalue weighted by Crippen LogP contribution is 2.16. The molecule has 0 aliphatic heterocycles. The Morgan fingerprint density at radius 3 is 2.89 bits per heavy atom. The van der Waals surface area contributed by atoms with Gasteiger partial charge in [0.2, 0.25) is 0 Å². The summed E-state index contributed by atoms with van der Waals surface area (Å²) in [5.41, 5.74) is 0.863. The van der Waals surface area contributed by atoms with Crippen LogP contribution in [0.5, 0.6) is 0 Å². The maximum Gasteiger partial charge on any atom is 0.272 e. The average Bonchev–Trinajstić information content (AvgIpc) is 2.93. The zero-order chi connectivity index (χ0) is 13.7. The summed E-state index contributed by atoms with van der Waals surface area (Å²) in [4.78, 5) is 14.4. The average molecular weight is 258 g/mol. The van der Waals surface area contributed by atoms with Crippen LogP contribution >= 0.6 is 0 Å². The van der Waals surface area contributed by atoms with Crippen molar-refractivity contribution < 1.29 is 14.3 Å². The molecule has 19 heavy (non-hydrogen) atoms. The minimum Gasteiger partial charge on any atom is -0.384 e. The van der Waals surface area contributed by atoms with Crippen molar-refractivity contribution in [1.82, 2.24) is 4.98 Å². The summed E-state index contributed by atoms with van der Waals surface area (Å²) < 4.78 is 13.7. The molecule has 3 N–H and O–H groups in total. The summed E-state index contributed by atoms with van der Waals surface area (Å²) in [7, 11) is 0. The molecule has 4 nitrogen and oxygen atoms in total. The largest absolute Gasteiger partial charge is 0.384 e. The van der Waals surface area contributed by atoms with Crippen LogP contribution in [0.25, 0.3) is 0 Å². The third kappa shape index (κ3) is 3.21. The van der Waals surface area contributed by atoms with E-state index in [1.165, 1.54) is 12.1 Å². The maximum atomic E-state index is 13.7. The minimum absolute atomic E-state index is 0.0779. The number of aromatic amines is 1. The first-order chi connectivity index (χ1) is 9.20. The topological polar surface area (TPSA) is 65.1 Å². The number of rotatable bonds is 2. The van der Waals surface area contributed by atoms with Gasteiger partial charge in [0.1, 0.15) is 18.1 Å². The van der Waals surface area contributed by atoms with Crippen molar-refractivity contribution in [3.63, 3.8) is 0 Å². The molecule has 1 amide bonds. The van der Waals surface area contributed by atoms with Gasteiger partial charge < -0.3 is 15.4 Å². The molecule has 2 rings (SSSR count). The van der Waals surface area contributed by atoms with Crippen LogP contribution in [0.1, 0.15) is 16.1 Å². The highest BCUT2D eigenvalue weighted by atomic mass is 19.1. The Morgan fingerprint density at radius 1 is 1.42 bits per heavy atom. The highest BCUT2D eigenvalue weighted by Gasteiger charge is 2.09. The number of halogens is 1. The van der Waals surface area contributed by atoms with Crippen LogP contribution in [0.3, 0.4) is 0 Å². The molecule has 2 aromatic rings. The van der Waals surface area contributed by atoms with Gasteiger partial charge in [-0.25, -0.2) is 4.39 Å². The molecule has 0 unspecified atom stereocenters. The van der Waals surface area contributed by atoms with Crippen LogP contribution in [0.15, 0.2) is 36.5 Å². The molecule has 0 saturated heterocycles. The van der Waals surface area contributed by atoms with E-state index in [9.17, 15) is 9.18 Å². The molecular weight excluding hydrogens is 247 g/mol. The van der Waals surface area contributed by atoms with Crippen molar-refractivity contribution >= 4 is 11.6 Å². The van der Waals surface area contributed by atoms with Crippen molar-refractivity contribution in [3.8, 4) is 11.8 Å². The second kappa shape index (κ2) is 5.85. The Morgan fingerprint density at radius 2 is 2.26 bits per heavy atom. The number of amides is 1. The van der Waals surface area contributed by atoms with Gasteiger partial charge in [0.25, 0.3) is 5.91 Å². The molecule has 0 aliphatic rings. The predicted octanol–water partition coefficient (Wildman–Crippen LogP) is 1.75. The van der Waals surface area contributed by atoms with Crippen LogP contribution < -0.4 is 5.32 Å². The summed E-state index contributed by atoms with van der Waals surface area (Å²) in [6.07, 6.45) is 1.61. The molecule has 0 bridgehead atoms. The zero-order valence-electron chi connectivity index (χ0n) is 9.90. The number of hydrogen-bond donors (Lipinski definition) is 3. The second-order valence-corrected chi connectivity index (χ2v) is 3.69. The van der Waals surface area contributed by atoms with Gasteiger partial charge in [0.15, 0.2) is 0 Å². The summed E-state index contributed by atoms with van der Waals surface area (Å²) in [5, 5.41) is 11.0. The second-order valence-electron chi connectivity index (χ2n) is 3.69. The highest BCUT2D eigenvalue weighted by molar-refractivity contribution is 6.03. The molecule has 0 fully saturated rings. The first kappa shape index (κ1) is 12.9. The quantitative estimate of drug-likeness (QED) is 0.718. The smallest absolute Gasteiger partial charge is 0.272 e. The fourth-order valence-electron chi connectivity index (χ4n) is 1.50. The monoisotopic (exact) mass is 258 g/mol. The van der Waals surface area contributed by atoms with E-state index in [1.807, 2.05) is 0 Å². The van der Waals surface area contributed by atoms with E-state index in [4.69, 9.17) is 5.11 Å². The Labute approximate surface area is 109 Å². The molecule has 1 aromatic heterocycles. The number of carbonyl (C=O) groups is 1. The number of hydrogen-bond acceptors (Lipinski definition) is 2. The number of benzene rings is 1. The van der Waals surface area contributed by atoms with Crippen LogP contribution in [-0.4, -0.2) is 22.6 Å². The van der Waals surface area contributed by atoms with E-state index >= 15 is 0 Å². The molecule has 0 radical (unpaired) electrons. The summed E-state index contributed by atoms with van der Waals surface area (Å²) >= 11 is 0. The van der Waals surface area contributed by atoms with E-state index < -0.39 is 11.7 Å². The number of anilines is 1. The number of carbonyl (C=O) groups excluding carboxylic acids is 1. The Hall–Kier alpha value is -2.58. The summed E-state index contributed by atoms with van der Waals surface area (Å²) in [5.74, 6) is 4.01. The first-order valence-corrected chi connectivity index (χ1v) is 5.54. The van der Waals surface area contributed by atoms with Gasteiger partial charge in [-0.1, -0.05) is 11.8 Å². The van der Waals surface area contributed by atoms with Gasteiger partial charge >= 0.3 is 0 Å². The number of nitrogens with one attached hydrogen (secondary N) is 2. The molecule has 5 heteroatoms. The molecule has 0 spiro atoms. The van der Waals surface area contributed by atoms with Crippen molar-refractivity contribution in [2.45, 2.75) is 0 Å². The normalized spacial score (nSPS) is 9.58. The maximum absolute atomic E-state index is 13.7. The minimum atomic E-state index is -0.579. The molecule has 96 valence electrons. The summed E-state index contributed by atoms with van der Waals surface area (Å²) in [6, 6.07) is 7.47. The van der Waals surface area contributed by atoms with Gasteiger partial charge in [-0.15, -0.1) is 0 Å². The Bertz CT molecular complexity index is 639. The van der Waals surface area contributed by atoms with Crippen LogP contribution in [-0.2, 0) is 0 Å². The van der Waals surface area contributed by atoms with Crippen molar-refractivity contribution in [1.29, 1.82) is 0 Å². The molecule has 0 saturated carbocycles. The summed E-state index contributed by atoms with van der Waals surface area (Å²) in [6.45, 7) is -0.285. The SMILES string of the molecule is O=C(Nc1ccc(C#CCO)cc1F)c1ccc[nH]1. The van der Waals surface area contributed by atoms with E-state index in [0.29, 0.717) is 11.3 Å². The van der Waals surface area contributed by atoms with E-state index in [0.717, 1.165) is 0 Å². The Balaban J connectivity index is 2.15. The number of aromatic nitrogens is 1. The fourth-order valence-corrected chi connectivity index (χ4v) is 1.50. The van der Waals surface area contributed by atoms with Gasteiger partial charge in [-0.05, 0) is 30.3 Å². The number of aliphatic hydroxyl groups excluding tert-OH is 1. The van der Waals surface area contributed by atoms with Crippen molar-refractivity contribution in [2.75, 3.05) is 11.9 Å². The van der Waals surface area contributed by atoms with E-state index in [2.05, 4.69) is 22.1 Å². The lowest BCUT2D eigenvalue weighted by Crippen LogP contribution is -2.13. The predicted molar refractivity (Wildman–Crippen MR) is 69.1 cm³/mol. The van der Waals surface area contributed by atoms with Crippen LogP contribution in [0.2, 0.25) is 0 Å². The van der Waals surface area contributed by atoms with Gasteiger partial charge in [-0.2, -0.15) is 0 Å². The van der Waals surface area contributed by atoms with Crippen molar-refractivity contribution in [3.05, 3.63) is 53.6 Å². The third-order valence-corrected chi connectivity index (χ3v) is 2.37. The standard InChI is InChI=1S/C14H11FN2O2/c15-11-9-10(3-2-8-18)5-6-12(11)17-14(19)13-4-1-7-16-13/h1,4-7,9,16,18H,8H2,(H,17,19). The van der Waals surface area contributed by atoms with E-state index in [1.54, 1.807) is 24.4 Å². The lowest BCUT2D eigenvalue weighted by Gasteiger charge is -2.05. The van der Waals surface area contributed by atoms with Crippen LogP contribution in [0, 0.1) is 17.7 Å². The fraction of sp³-hybridized carbons (Fsp3) is 0.0714. The lowest BCUT2D eigenvalue weighted by molar-refractivity contribution is 0.102. The lowest BCUT2D eigenvalue weighted by atomic mass is 10.2.